The molecule has 0 aromatic carbocycles. The van der Waals surface area contributed by atoms with Gasteiger partial charge in [-0.05, 0) is 39.2 Å². The van der Waals surface area contributed by atoms with Gasteiger partial charge in [0.15, 0.2) is 5.13 Å². The number of amides is 1. The van der Waals surface area contributed by atoms with Gasteiger partial charge in [0.25, 0.3) is 5.91 Å². The maximum atomic E-state index is 12.4. The molecule has 1 N–H and O–H groups in total. The molecule has 1 fully saturated rings. The molecule has 7 heteroatoms. The van der Waals surface area contributed by atoms with Gasteiger partial charge in [-0.2, -0.15) is 0 Å². The minimum atomic E-state index is -0.238. The van der Waals surface area contributed by atoms with Crippen molar-refractivity contribution >= 4 is 28.3 Å². The van der Waals surface area contributed by atoms with E-state index in [0.29, 0.717) is 16.8 Å². The molecule has 116 valence electrons. The molecular weight excluding hydrogens is 298 g/mol. The van der Waals surface area contributed by atoms with Gasteiger partial charge in [-0.3, -0.25) is 10.1 Å². The lowest BCUT2D eigenvalue weighted by atomic mass is 10.1. The second-order valence-electron chi connectivity index (χ2n) is 5.47. The summed E-state index contributed by atoms with van der Waals surface area (Å²) in [5, 5.41) is 3.39. The molecule has 0 aliphatic carbocycles. The molecule has 2 aromatic heterocycles. The fourth-order valence-electron chi connectivity index (χ4n) is 2.48. The maximum Gasteiger partial charge on any atom is 0.276 e. The summed E-state index contributed by atoms with van der Waals surface area (Å²) in [7, 11) is 0. The van der Waals surface area contributed by atoms with Gasteiger partial charge in [-0.25, -0.2) is 15.0 Å². The zero-order valence-corrected chi connectivity index (χ0v) is 13.6. The first-order valence-electron chi connectivity index (χ1n) is 7.46. The lowest BCUT2D eigenvalue weighted by molar-refractivity contribution is 0.102. The van der Waals surface area contributed by atoms with E-state index in [4.69, 9.17) is 0 Å². The summed E-state index contributed by atoms with van der Waals surface area (Å²) in [6.45, 7) is 5.75. The Balaban J connectivity index is 1.80. The smallest absolute Gasteiger partial charge is 0.276 e. The van der Waals surface area contributed by atoms with Crippen LogP contribution in [0.25, 0.3) is 0 Å². The predicted octanol–water partition coefficient (Wildman–Crippen LogP) is 2.79. The highest BCUT2D eigenvalue weighted by Gasteiger charge is 2.17. The van der Waals surface area contributed by atoms with Crippen molar-refractivity contribution in [1.29, 1.82) is 0 Å². The first-order chi connectivity index (χ1) is 10.6. The quantitative estimate of drug-likeness (QED) is 0.942. The minimum Gasteiger partial charge on any atom is -0.341 e. The molecule has 0 unspecified atom stereocenters. The van der Waals surface area contributed by atoms with E-state index in [-0.39, 0.29) is 5.91 Å². The van der Waals surface area contributed by atoms with Gasteiger partial charge in [-0.1, -0.05) is 0 Å². The average molecular weight is 317 g/mol. The molecule has 0 bridgehead atoms. The van der Waals surface area contributed by atoms with Gasteiger partial charge in [0.1, 0.15) is 5.69 Å². The van der Waals surface area contributed by atoms with Gasteiger partial charge in [-0.15, -0.1) is 11.3 Å². The molecule has 2 aromatic rings. The third-order valence-corrected chi connectivity index (χ3v) is 4.38. The number of nitrogens with one attached hydrogen (secondary N) is 1. The molecule has 0 atom stereocenters. The zero-order valence-electron chi connectivity index (χ0n) is 12.8. The van der Waals surface area contributed by atoms with Crippen molar-refractivity contribution in [3.8, 4) is 0 Å². The van der Waals surface area contributed by atoms with Gasteiger partial charge in [0, 0.05) is 29.9 Å². The number of rotatable bonds is 3. The number of hydrogen-bond acceptors (Lipinski definition) is 6. The molecule has 6 nitrogen and oxygen atoms in total. The topological polar surface area (TPSA) is 71.0 Å². The maximum absolute atomic E-state index is 12.4. The van der Waals surface area contributed by atoms with Crippen LogP contribution in [0.2, 0.25) is 0 Å². The summed E-state index contributed by atoms with van der Waals surface area (Å²) in [6.07, 6.45) is 5.29. The van der Waals surface area contributed by atoms with Crippen molar-refractivity contribution in [2.24, 2.45) is 0 Å². The highest BCUT2D eigenvalue weighted by Crippen LogP contribution is 2.19. The van der Waals surface area contributed by atoms with Crippen molar-refractivity contribution in [3.05, 3.63) is 28.5 Å². The SMILES string of the molecule is Cc1cc(C(=O)Nc2ncc(C)s2)nc(N2CCCCC2)n1. The first kappa shape index (κ1) is 14.9. The van der Waals surface area contributed by atoms with Crippen LogP contribution in [0.3, 0.4) is 0 Å². The fraction of sp³-hybridized carbons (Fsp3) is 0.467. The number of nitrogens with zero attached hydrogens (tertiary/aromatic N) is 4. The van der Waals surface area contributed by atoms with Crippen molar-refractivity contribution in [1.82, 2.24) is 15.0 Å². The van der Waals surface area contributed by atoms with Crippen molar-refractivity contribution in [2.75, 3.05) is 23.3 Å². The second-order valence-corrected chi connectivity index (χ2v) is 6.71. The summed E-state index contributed by atoms with van der Waals surface area (Å²) < 4.78 is 0. The van der Waals surface area contributed by atoms with E-state index in [9.17, 15) is 4.79 Å². The number of anilines is 2. The van der Waals surface area contributed by atoms with Gasteiger partial charge in [0.05, 0.1) is 0 Å². The molecule has 3 rings (SSSR count). The van der Waals surface area contributed by atoms with Crippen LogP contribution in [0.5, 0.6) is 0 Å². The Hall–Kier alpha value is -2.02. The molecule has 1 aliphatic heterocycles. The van der Waals surface area contributed by atoms with Crippen LogP contribution in [0.15, 0.2) is 12.3 Å². The Morgan fingerprint density at radius 2 is 2.00 bits per heavy atom. The summed E-state index contributed by atoms with van der Waals surface area (Å²) >= 11 is 1.45. The summed E-state index contributed by atoms with van der Waals surface area (Å²) in [5.74, 6) is 0.415. The largest absolute Gasteiger partial charge is 0.341 e. The lowest BCUT2D eigenvalue weighted by Gasteiger charge is -2.27. The van der Waals surface area contributed by atoms with E-state index in [1.165, 1.54) is 17.8 Å². The number of carbonyl (C=O) groups is 1. The van der Waals surface area contributed by atoms with Crippen LogP contribution in [0.4, 0.5) is 11.1 Å². The molecular formula is C15H19N5OS. The third-order valence-electron chi connectivity index (χ3n) is 3.56. The van der Waals surface area contributed by atoms with Gasteiger partial charge >= 0.3 is 0 Å². The number of aryl methyl sites for hydroxylation is 2. The molecule has 22 heavy (non-hydrogen) atoms. The normalized spacial score (nSPS) is 14.9. The molecule has 1 saturated heterocycles. The Labute approximate surface area is 133 Å². The van der Waals surface area contributed by atoms with Crippen molar-refractivity contribution in [2.45, 2.75) is 33.1 Å². The van der Waals surface area contributed by atoms with E-state index < -0.39 is 0 Å². The molecule has 0 saturated carbocycles. The van der Waals surface area contributed by atoms with E-state index in [1.807, 2.05) is 13.8 Å². The van der Waals surface area contributed by atoms with E-state index in [2.05, 4.69) is 25.2 Å². The van der Waals surface area contributed by atoms with E-state index >= 15 is 0 Å². The number of piperidine rings is 1. The highest BCUT2D eigenvalue weighted by atomic mass is 32.1. The Kier molecular flexibility index (Phi) is 4.33. The summed E-state index contributed by atoms with van der Waals surface area (Å²) in [5.41, 5.74) is 1.19. The van der Waals surface area contributed by atoms with Crippen LogP contribution in [-0.2, 0) is 0 Å². The van der Waals surface area contributed by atoms with Crippen molar-refractivity contribution < 1.29 is 4.79 Å². The first-order valence-corrected chi connectivity index (χ1v) is 8.28. The second kappa shape index (κ2) is 6.39. The van der Waals surface area contributed by atoms with Crippen LogP contribution in [0.1, 0.15) is 40.3 Å². The molecule has 0 radical (unpaired) electrons. The van der Waals surface area contributed by atoms with Crippen LogP contribution in [-0.4, -0.2) is 33.9 Å². The average Bonchev–Trinajstić information content (AvgIpc) is 2.92. The minimum absolute atomic E-state index is 0.238. The monoisotopic (exact) mass is 317 g/mol. The number of hydrogen-bond donors (Lipinski definition) is 1. The van der Waals surface area contributed by atoms with E-state index in [0.717, 1.165) is 36.5 Å². The molecule has 1 amide bonds. The number of thiazole rings is 1. The predicted molar refractivity (Wildman–Crippen MR) is 87.6 cm³/mol. The Morgan fingerprint density at radius 3 is 2.68 bits per heavy atom. The summed E-state index contributed by atoms with van der Waals surface area (Å²) in [6, 6.07) is 1.71. The van der Waals surface area contributed by atoms with Gasteiger partial charge < -0.3 is 4.90 Å². The molecule has 0 spiro atoms. The van der Waals surface area contributed by atoms with Gasteiger partial charge in [0.2, 0.25) is 5.95 Å². The van der Waals surface area contributed by atoms with Crippen LogP contribution < -0.4 is 10.2 Å². The zero-order chi connectivity index (χ0) is 15.5. The fourth-order valence-corrected chi connectivity index (χ4v) is 3.14. The standard InChI is InChI=1S/C15H19N5OS/c1-10-8-12(13(21)19-15-16-9-11(2)22-15)18-14(17-10)20-6-4-3-5-7-20/h8-9H,3-7H2,1-2H3,(H,16,19,21). The third kappa shape index (κ3) is 3.41. The van der Waals surface area contributed by atoms with Crippen LogP contribution >= 0.6 is 11.3 Å². The summed E-state index contributed by atoms with van der Waals surface area (Å²) in [4.78, 5) is 28.6. The molecule has 3 heterocycles. The highest BCUT2D eigenvalue weighted by molar-refractivity contribution is 7.15. The Morgan fingerprint density at radius 1 is 1.23 bits per heavy atom. The lowest BCUT2D eigenvalue weighted by Crippen LogP contribution is -2.31. The molecule has 1 aliphatic rings. The van der Waals surface area contributed by atoms with Crippen LogP contribution in [0, 0.1) is 13.8 Å². The van der Waals surface area contributed by atoms with Crippen molar-refractivity contribution in [3.63, 3.8) is 0 Å². The number of carbonyl (C=O) groups excluding carboxylic acids is 1. The van der Waals surface area contributed by atoms with E-state index in [1.54, 1.807) is 12.3 Å². The Bertz CT molecular complexity index is 678. The number of aromatic nitrogens is 3.